The highest BCUT2D eigenvalue weighted by molar-refractivity contribution is 7.99. The van der Waals surface area contributed by atoms with Crippen molar-refractivity contribution in [3.05, 3.63) is 33.7 Å². The quantitative estimate of drug-likeness (QED) is 0.899. The zero-order valence-electron chi connectivity index (χ0n) is 13.2. The van der Waals surface area contributed by atoms with Crippen molar-refractivity contribution in [3.63, 3.8) is 0 Å². The molecule has 1 N–H and O–H groups in total. The van der Waals surface area contributed by atoms with Gasteiger partial charge in [0.1, 0.15) is 0 Å². The highest BCUT2D eigenvalue weighted by atomic mass is 32.2. The summed E-state index contributed by atoms with van der Waals surface area (Å²) in [6, 6.07) is 1.89. The highest BCUT2D eigenvalue weighted by Crippen LogP contribution is 2.23. The van der Waals surface area contributed by atoms with Crippen LogP contribution in [-0.2, 0) is 10.5 Å². The van der Waals surface area contributed by atoms with E-state index >= 15 is 0 Å². The average molecular weight is 351 g/mol. The van der Waals surface area contributed by atoms with E-state index in [0.717, 1.165) is 24.5 Å². The van der Waals surface area contributed by atoms with Crippen LogP contribution in [0.2, 0.25) is 0 Å². The molecule has 2 aromatic rings. The second-order valence-corrected chi connectivity index (χ2v) is 8.02. The summed E-state index contributed by atoms with van der Waals surface area (Å²) < 4.78 is 1.54. The standard InChI is InChI=1S/C16H21N3O2S2/c1-11-2-4-12(5-3-11)17-14(20)10-22-9-13-8-15(21)19-6-7-23-16(19)18-13/h6-8,11-12H,2-5,9-10H2,1H3,(H,17,20). The number of hydrogen-bond acceptors (Lipinski definition) is 5. The molecule has 124 valence electrons. The summed E-state index contributed by atoms with van der Waals surface area (Å²) in [6.07, 6.45) is 6.31. The van der Waals surface area contributed by atoms with Crippen LogP contribution in [0.25, 0.3) is 4.96 Å². The number of thioether (sulfide) groups is 1. The number of rotatable bonds is 5. The zero-order valence-corrected chi connectivity index (χ0v) is 14.8. The third-order valence-electron chi connectivity index (χ3n) is 4.22. The van der Waals surface area contributed by atoms with E-state index < -0.39 is 0 Å². The smallest absolute Gasteiger partial charge is 0.258 e. The van der Waals surface area contributed by atoms with Crippen LogP contribution in [0.15, 0.2) is 22.4 Å². The van der Waals surface area contributed by atoms with Gasteiger partial charge in [-0.1, -0.05) is 6.92 Å². The number of carbonyl (C=O) groups is 1. The molecule has 1 fully saturated rings. The molecule has 0 atom stereocenters. The van der Waals surface area contributed by atoms with Gasteiger partial charge in [0.05, 0.1) is 11.4 Å². The van der Waals surface area contributed by atoms with Gasteiger partial charge in [0.15, 0.2) is 4.96 Å². The molecule has 0 unspecified atom stereocenters. The topological polar surface area (TPSA) is 63.5 Å². The van der Waals surface area contributed by atoms with E-state index in [4.69, 9.17) is 0 Å². The lowest BCUT2D eigenvalue weighted by Gasteiger charge is -2.26. The first kappa shape index (κ1) is 16.5. The fourth-order valence-corrected chi connectivity index (χ4v) is 4.35. The van der Waals surface area contributed by atoms with Crippen molar-refractivity contribution in [3.8, 4) is 0 Å². The molecule has 1 aliphatic carbocycles. The lowest BCUT2D eigenvalue weighted by atomic mass is 9.87. The molecule has 0 bridgehead atoms. The monoisotopic (exact) mass is 351 g/mol. The minimum Gasteiger partial charge on any atom is -0.353 e. The van der Waals surface area contributed by atoms with Gasteiger partial charge in [-0.15, -0.1) is 23.1 Å². The van der Waals surface area contributed by atoms with E-state index in [1.807, 2.05) is 5.38 Å². The summed E-state index contributed by atoms with van der Waals surface area (Å²) in [5, 5.41) is 4.96. The summed E-state index contributed by atoms with van der Waals surface area (Å²) in [4.78, 5) is 29.0. The average Bonchev–Trinajstić information content (AvgIpc) is 2.99. The van der Waals surface area contributed by atoms with Gasteiger partial charge >= 0.3 is 0 Å². The Kier molecular flexibility index (Phi) is 5.38. The second-order valence-electron chi connectivity index (χ2n) is 6.16. The number of fused-ring (bicyclic) bond motifs is 1. The lowest BCUT2D eigenvalue weighted by Crippen LogP contribution is -2.38. The maximum atomic E-state index is 12.0. The molecule has 0 aromatic carbocycles. The number of nitrogens with one attached hydrogen (secondary N) is 1. The minimum absolute atomic E-state index is 0.0624. The molecule has 0 saturated heterocycles. The van der Waals surface area contributed by atoms with E-state index in [1.54, 1.807) is 12.3 Å². The van der Waals surface area contributed by atoms with Gasteiger partial charge in [0, 0.05) is 29.4 Å². The number of amides is 1. The lowest BCUT2D eigenvalue weighted by molar-refractivity contribution is -0.119. The van der Waals surface area contributed by atoms with Gasteiger partial charge in [-0.3, -0.25) is 14.0 Å². The molecule has 2 heterocycles. The molecule has 0 aliphatic heterocycles. The number of aromatic nitrogens is 2. The Morgan fingerprint density at radius 2 is 2.22 bits per heavy atom. The molecule has 7 heteroatoms. The molecule has 0 radical (unpaired) electrons. The van der Waals surface area contributed by atoms with Crippen molar-refractivity contribution >= 4 is 34.0 Å². The number of hydrogen-bond donors (Lipinski definition) is 1. The Bertz CT molecular complexity index is 732. The van der Waals surface area contributed by atoms with Crippen LogP contribution in [0.1, 0.15) is 38.3 Å². The summed E-state index contributed by atoms with van der Waals surface area (Å²) in [5.74, 6) is 1.87. The number of carbonyl (C=O) groups excluding carboxylic acids is 1. The molecular formula is C16H21N3O2S2. The third-order valence-corrected chi connectivity index (χ3v) is 5.94. The first-order valence-corrected chi connectivity index (χ1v) is 9.98. The third kappa shape index (κ3) is 4.35. The first-order chi connectivity index (χ1) is 11.1. The van der Waals surface area contributed by atoms with Crippen LogP contribution in [-0.4, -0.2) is 27.1 Å². The van der Waals surface area contributed by atoms with Gasteiger partial charge in [-0.2, -0.15) is 0 Å². The first-order valence-electron chi connectivity index (χ1n) is 7.94. The molecule has 0 spiro atoms. The number of thiazole rings is 1. The van der Waals surface area contributed by atoms with Gasteiger partial charge in [-0.25, -0.2) is 4.98 Å². The van der Waals surface area contributed by atoms with E-state index in [0.29, 0.717) is 22.5 Å². The van der Waals surface area contributed by atoms with Crippen LogP contribution in [0, 0.1) is 5.92 Å². The zero-order chi connectivity index (χ0) is 16.2. The van der Waals surface area contributed by atoms with Gasteiger partial charge in [0.25, 0.3) is 5.56 Å². The van der Waals surface area contributed by atoms with Crippen molar-refractivity contribution in [2.75, 3.05) is 5.75 Å². The van der Waals surface area contributed by atoms with Gasteiger partial charge < -0.3 is 5.32 Å². The normalized spacial score (nSPS) is 21.4. The molecule has 1 amide bonds. The molecule has 1 aliphatic rings. The Morgan fingerprint density at radius 3 is 3.00 bits per heavy atom. The SMILES string of the molecule is CC1CCC(NC(=O)CSCc2cc(=O)n3ccsc3n2)CC1. The molecule has 1 saturated carbocycles. The predicted molar refractivity (Wildman–Crippen MR) is 95.1 cm³/mol. The maximum absolute atomic E-state index is 12.0. The summed E-state index contributed by atoms with van der Waals surface area (Å²) in [6.45, 7) is 2.27. The summed E-state index contributed by atoms with van der Waals surface area (Å²) >= 11 is 2.95. The fourth-order valence-electron chi connectivity index (χ4n) is 2.88. The Balaban J connectivity index is 1.46. The van der Waals surface area contributed by atoms with Crippen molar-refractivity contribution in [2.45, 2.75) is 44.4 Å². The Morgan fingerprint density at radius 1 is 1.43 bits per heavy atom. The molecule has 2 aromatic heterocycles. The predicted octanol–water partition coefficient (Wildman–Crippen LogP) is 2.68. The summed E-state index contributed by atoms with van der Waals surface area (Å²) in [7, 11) is 0. The highest BCUT2D eigenvalue weighted by Gasteiger charge is 2.19. The molecule has 5 nitrogen and oxygen atoms in total. The van der Waals surface area contributed by atoms with Gasteiger partial charge in [0.2, 0.25) is 5.91 Å². The molecule has 23 heavy (non-hydrogen) atoms. The van der Waals surface area contributed by atoms with E-state index in [2.05, 4.69) is 17.2 Å². The van der Waals surface area contributed by atoms with Crippen LogP contribution in [0.3, 0.4) is 0 Å². The minimum atomic E-state index is -0.0624. The molecule has 3 rings (SSSR count). The van der Waals surface area contributed by atoms with Gasteiger partial charge in [-0.05, 0) is 31.6 Å². The van der Waals surface area contributed by atoms with E-state index in [-0.39, 0.29) is 11.5 Å². The Hall–Kier alpha value is -1.34. The maximum Gasteiger partial charge on any atom is 0.258 e. The van der Waals surface area contributed by atoms with E-state index in [1.165, 1.54) is 40.3 Å². The van der Waals surface area contributed by atoms with Crippen molar-refractivity contribution in [2.24, 2.45) is 5.92 Å². The second kappa shape index (κ2) is 7.49. The van der Waals surface area contributed by atoms with Crippen molar-refractivity contribution in [1.29, 1.82) is 0 Å². The van der Waals surface area contributed by atoms with E-state index in [9.17, 15) is 9.59 Å². The number of nitrogens with zero attached hydrogens (tertiary/aromatic N) is 2. The van der Waals surface area contributed by atoms with Crippen LogP contribution in [0.5, 0.6) is 0 Å². The largest absolute Gasteiger partial charge is 0.353 e. The van der Waals surface area contributed by atoms with Crippen LogP contribution in [0.4, 0.5) is 0 Å². The van der Waals surface area contributed by atoms with Crippen molar-refractivity contribution < 1.29 is 4.79 Å². The fraction of sp³-hybridized carbons (Fsp3) is 0.562. The van der Waals surface area contributed by atoms with Crippen LogP contribution < -0.4 is 10.9 Å². The summed E-state index contributed by atoms with van der Waals surface area (Å²) in [5.41, 5.74) is 0.675. The molecular weight excluding hydrogens is 330 g/mol. The van der Waals surface area contributed by atoms with Crippen LogP contribution >= 0.6 is 23.1 Å². The van der Waals surface area contributed by atoms with Crippen molar-refractivity contribution in [1.82, 2.24) is 14.7 Å². The Labute approximate surface area is 143 Å².